The van der Waals surface area contributed by atoms with Crippen LogP contribution in [-0.2, 0) is 22.0 Å². The lowest BCUT2D eigenvalue weighted by Gasteiger charge is -2.02. The molecule has 0 fully saturated rings. The number of halogens is 1. The Morgan fingerprint density at radius 1 is 1.03 bits per heavy atom. The fraction of sp³-hybridized carbons (Fsp3) is 0.0909. The second kappa shape index (κ2) is 9.05. The molecule has 0 unspecified atom stereocenters. The van der Waals surface area contributed by atoms with Crippen molar-refractivity contribution in [1.82, 2.24) is 4.98 Å². The average Bonchev–Trinajstić information content (AvgIpc) is 3.40. The van der Waals surface area contributed by atoms with Gasteiger partial charge in [0.25, 0.3) is 5.91 Å². The van der Waals surface area contributed by atoms with E-state index in [1.165, 1.54) is 35.6 Å². The number of hydrogen-bond acceptors (Lipinski definition) is 6. The summed E-state index contributed by atoms with van der Waals surface area (Å²) in [6.45, 7) is 0. The summed E-state index contributed by atoms with van der Waals surface area (Å²) in [5.41, 5.74) is 0.973. The van der Waals surface area contributed by atoms with Crippen LogP contribution < -0.4 is 5.32 Å². The summed E-state index contributed by atoms with van der Waals surface area (Å²) in [7, 11) is -3.56. The SMILES string of the molecule is O=C(Nc1ncc(Cc2ccccc2Cl)s1)c1ccc(CS(=O)(=O)c2ccccc2)o1. The maximum absolute atomic E-state index is 12.5. The first-order chi connectivity index (χ1) is 14.9. The van der Waals surface area contributed by atoms with Gasteiger partial charge in [-0.1, -0.05) is 48.0 Å². The minimum Gasteiger partial charge on any atom is -0.455 e. The van der Waals surface area contributed by atoms with Gasteiger partial charge in [-0.15, -0.1) is 11.3 Å². The predicted octanol–water partition coefficient (Wildman–Crippen LogP) is 5.21. The van der Waals surface area contributed by atoms with Crippen molar-refractivity contribution >= 4 is 43.8 Å². The Bertz CT molecular complexity index is 1310. The third-order valence-electron chi connectivity index (χ3n) is 4.42. The minimum atomic E-state index is -3.56. The number of sulfone groups is 1. The molecule has 1 N–H and O–H groups in total. The Balaban J connectivity index is 1.41. The monoisotopic (exact) mass is 472 g/mol. The van der Waals surface area contributed by atoms with E-state index in [2.05, 4.69) is 10.3 Å². The van der Waals surface area contributed by atoms with Crippen LogP contribution in [0.1, 0.15) is 26.8 Å². The van der Waals surface area contributed by atoms with Gasteiger partial charge in [-0.2, -0.15) is 0 Å². The second-order valence-electron chi connectivity index (χ2n) is 6.69. The van der Waals surface area contributed by atoms with Crippen molar-refractivity contribution in [3.8, 4) is 0 Å². The van der Waals surface area contributed by atoms with Crippen molar-refractivity contribution in [2.45, 2.75) is 17.1 Å². The molecular weight excluding hydrogens is 456 g/mol. The molecule has 0 bridgehead atoms. The summed E-state index contributed by atoms with van der Waals surface area (Å²) < 4.78 is 30.4. The van der Waals surface area contributed by atoms with E-state index in [-0.39, 0.29) is 22.2 Å². The van der Waals surface area contributed by atoms with Crippen LogP contribution >= 0.6 is 22.9 Å². The smallest absolute Gasteiger partial charge is 0.293 e. The number of nitrogens with one attached hydrogen (secondary N) is 1. The molecule has 1 amide bonds. The molecule has 4 rings (SSSR count). The van der Waals surface area contributed by atoms with Crippen LogP contribution in [0.4, 0.5) is 5.13 Å². The Kier molecular flexibility index (Phi) is 6.22. The first-order valence-corrected chi connectivity index (χ1v) is 12.1. The molecule has 0 aliphatic carbocycles. The first-order valence-electron chi connectivity index (χ1n) is 9.27. The fourth-order valence-corrected chi connectivity index (χ4v) is 5.21. The zero-order valence-electron chi connectivity index (χ0n) is 16.1. The third-order valence-corrected chi connectivity index (χ3v) is 7.35. The molecule has 0 saturated heterocycles. The van der Waals surface area contributed by atoms with E-state index in [1.54, 1.807) is 24.4 Å². The van der Waals surface area contributed by atoms with Crippen LogP contribution in [0.5, 0.6) is 0 Å². The quantitative estimate of drug-likeness (QED) is 0.399. The Hall–Kier alpha value is -2.94. The van der Waals surface area contributed by atoms with Gasteiger partial charge in [-0.3, -0.25) is 10.1 Å². The number of thiazole rings is 1. The minimum absolute atomic E-state index is 0.0149. The molecule has 0 radical (unpaired) electrons. The summed E-state index contributed by atoms with van der Waals surface area (Å²) in [6.07, 6.45) is 2.29. The Morgan fingerprint density at radius 2 is 1.77 bits per heavy atom. The number of anilines is 1. The standard InChI is InChI=1S/C22H17ClN2O4S2/c23-19-9-5-4-6-15(19)12-17-13-24-22(30-17)25-21(26)20-11-10-16(29-20)14-31(27,28)18-7-2-1-3-8-18/h1-11,13H,12,14H2,(H,24,25,26). The number of carbonyl (C=O) groups excluding carboxylic acids is 1. The van der Waals surface area contributed by atoms with Gasteiger partial charge in [0.1, 0.15) is 11.5 Å². The van der Waals surface area contributed by atoms with Gasteiger partial charge in [-0.05, 0) is 35.9 Å². The van der Waals surface area contributed by atoms with Gasteiger partial charge in [0, 0.05) is 22.5 Å². The molecule has 4 aromatic rings. The van der Waals surface area contributed by atoms with Crippen molar-refractivity contribution in [2.24, 2.45) is 0 Å². The van der Waals surface area contributed by atoms with Crippen LogP contribution in [-0.4, -0.2) is 19.3 Å². The molecule has 2 aromatic heterocycles. The van der Waals surface area contributed by atoms with Crippen LogP contribution in [0.3, 0.4) is 0 Å². The molecule has 2 heterocycles. The molecule has 0 aliphatic rings. The first kappa shape index (κ1) is 21.3. The van der Waals surface area contributed by atoms with Crippen molar-refractivity contribution in [2.75, 3.05) is 5.32 Å². The van der Waals surface area contributed by atoms with E-state index < -0.39 is 15.7 Å². The van der Waals surface area contributed by atoms with Crippen molar-refractivity contribution in [3.63, 3.8) is 0 Å². The van der Waals surface area contributed by atoms with Gasteiger partial charge in [0.05, 0.1) is 4.90 Å². The zero-order chi connectivity index (χ0) is 21.8. The highest BCUT2D eigenvalue weighted by atomic mass is 35.5. The molecule has 0 spiro atoms. The molecule has 2 aromatic carbocycles. The molecule has 0 aliphatic heterocycles. The van der Waals surface area contributed by atoms with E-state index in [1.807, 2.05) is 24.3 Å². The molecular formula is C22H17ClN2O4S2. The number of furan rings is 1. The summed E-state index contributed by atoms with van der Waals surface area (Å²) in [5, 5.41) is 3.77. The van der Waals surface area contributed by atoms with E-state index in [0.717, 1.165) is 10.4 Å². The van der Waals surface area contributed by atoms with Crippen LogP contribution in [0, 0.1) is 0 Å². The number of carbonyl (C=O) groups is 1. The summed E-state index contributed by atoms with van der Waals surface area (Å²) in [6, 6.07) is 18.6. The maximum atomic E-state index is 12.5. The van der Waals surface area contributed by atoms with Crippen LogP contribution in [0.15, 0.2) is 82.2 Å². The molecule has 6 nitrogen and oxygen atoms in total. The fourth-order valence-electron chi connectivity index (χ4n) is 2.91. The lowest BCUT2D eigenvalue weighted by Crippen LogP contribution is -2.10. The largest absolute Gasteiger partial charge is 0.455 e. The van der Waals surface area contributed by atoms with Crippen molar-refractivity contribution in [1.29, 1.82) is 0 Å². The Morgan fingerprint density at radius 3 is 2.55 bits per heavy atom. The van der Waals surface area contributed by atoms with Gasteiger partial charge in [0.15, 0.2) is 20.7 Å². The topological polar surface area (TPSA) is 89.3 Å². The van der Waals surface area contributed by atoms with E-state index in [4.69, 9.17) is 16.0 Å². The second-order valence-corrected chi connectivity index (χ2v) is 10.2. The van der Waals surface area contributed by atoms with E-state index in [9.17, 15) is 13.2 Å². The highest BCUT2D eigenvalue weighted by Crippen LogP contribution is 2.25. The maximum Gasteiger partial charge on any atom is 0.293 e. The number of nitrogens with zero attached hydrogens (tertiary/aromatic N) is 1. The molecule has 0 atom stereocenters. The third kappa shape index (κ3) is 5.22. The summed E-state index contributed by atoms with van der Waals surface area (Å²) >= 11 is 7.53. The predicted molar refractivity (Wildman–Crippen MR) is 120 cm³/mol. The number of rotatable bonds is 7. The van der Waals surface area contributed by atoms with Gasteiger partial charge < -0.3 is 4.42 Å². The average molecular weight is 473 g/mol. The zero-order valence-corrected chi connectivity index (χ0v) is 18.5. The molecule has 158 valence electrons. The van der Waals surface area contributed by atoms with Crippen LogP contribution in [0.25, 0.3) is 0 Å². The van der Waals surface area contributed by atoms with E-state index in [0.29, 0.717) is 16.6 Å². The van der Waals surface area contributed by atoms with Gasteiger partial charge >= 0.3 is 0 Å². The number of benzene rings is 2. The number of aromatic nitrogens is 1. The van der Waals surface area contributed by atoms with Crippen molar-refractivity contribution in [3.05, 3.63) is 99.9 Å². The lowest BCUT2D eigenvalue weighted by atomic mass is 10.1. The molecule has 9 heteroatoms. The van der Waals surface area contributed by atoms with E-state index >= 15 is 0 Å². The summed E-state index contributed by atoms with van der Waals surface area (Å²) in [4.78, 5) is 17.8. The highest BCUT2D eigenvalue weighted by molar-refractivity contribution is 7.90. The Labute approximate surface area is 188 Å². The highest BCUT2D eigenvalue weighted by Gasteiger charge is 2.19. The normalized spacial score (nSPS) is 11.4. The number of amides is 1. The molecule has 0 saturated carbocycles. The van der Waals surface area contributed by atoms with Crippen molar-refractivity contribution < 1.29 is 17.6 Å². The van der Waals surface area contributed by atoms with Gasteiger partial charge in [0.2, 0.25) is 0 Å². The number of hydrogen-bond donors (Lipinski definition) is 1. The van der Waals surface area contributed by atoms with Gasteiger partial charge in [-0.25, -0.2) is 13.4 Å². The molecule has 31 heavy (non-hydrogen) atoms. The van der Waals surface area contributed by atoms with Crippen LogP contribution in [0.2, 0.25) is 5.02 Å². The summed E-state index contributed by atoms with van der Waals surface area (Å²) in [5.74, 6) is -0.626. The lowest BCUT2D eigenvalue weighted by molar-refractivity contribution is 0.0995.